The minimum absolute atomic E-state index is 0.103. The molecule has 1 aliphatic rings. The van der Waals surface area contributed by atoms with Crippen LogP contribution in [0.3, 0.4) is 0 Å². The summed E-state index contributed by atoms with van der Waals surface area (Å²) in [5.41, 5.74) is 2.40. The fraction of sp³-hybridized carbons (Fsp3) is 0.429. The van der Waals surface area contributed by atoms with Gasteiger partial charge >= 0.3 is 0 Å². The van der Waals surface area contributed by atoms with E-state index in [9.17, 15) is 4.79 Å². The van der Waals surface area contributed by atoms with Crippen molar-refractivity contribution < 1.29 is 9.47 Å². The standard InChI is InChI=1S/C28H34N6O3/c1-3-37-24-13-14-25-21(16-24)15-22(28(35)29-25)18-33(17-20-9-7-8-12-26(20)36-2)19-27-30-31-32-34(27)23-10-5-4-6-11-23/h7-9,12-16,23H,3-6,10-11,17-19H2,1-2H3,(H,29,35). The van der Waals surface area contributed by atoms with Crippen molar-refractivity contribution in [2.75, 3.05) is 13.7 Å². The molecule has 194 valence electrons. The smallest absolute Gasteiger partial charge is 0.252 e. The molecule has 0 spiro atoms. The number of aromatic nitrogens is 5. The number of H-pyrrole nitrogens is 1. The van der Waals surface area contributed by atoms with E-state index >= 15 is 0 Å². The summed E-state index contributed by atoms with van der Waals surface area (Å²) >= 11 is 0. The third-order valence-electron chi connectivity index (χ3n) is 7.03. The molecule has 0 bridgehead atoms. The highest BCUT2D eigenvalue weighted by atomic mass is 16.5. The van der Waals surface area contributed by atoms with E-state index in [0.29, 0.717) is 37.8 Å². The van der Waals surface area contributed by atoms with Crippen molar-refractivity contribution in [1.82, 2.24) is 30.1 Å². The largest absolute Gasteiger partial charge is 0.496 e. The Hall–Kier alpha value is -3.72. The predicted molar refractivity (Wildman–Crippen MR) is 142 cm³/mol. The first-order chi connectivity index (χ1) is 18.1. The number of methoxy groups -OCH3 is 1. The summed E-state index contributed by atoms with van der Waals surface area (Å²) in [6.07, 6.45) is 5.86. The molecule has 37 heavy (non-hydrogen) atoms. The Labute approximate surface area is 216 Å². The second kappa shape index (κ2) is 11.6. The molecule has 0 radical (unpaired) electrons. The molecule has 1 N–H and O–H groups in total. The summed E-state index contributed by atoms with van der Waals surface area (Å²) in [7, 11) is 1.68. The van der Waals surface area contributed by atoms with Crippen molar-refractivity contribution in [2.24, 2.45) is 0 Å². The van der Waals surface area contributed by atoms with E-state index in [4.69, 9.17) is 9.47 Å². The second-order valence-corrected chi connectivity index (χ2v) is 9.59. The van der Waals surface area contributed by atoms with Crippen LogP contribution in [-0.2, 0) is 19.6 Å². The average Bonchev–Trinajstić information content (AvgIpc) is 3.38. The van der Waals surface area contributed by atoms with Crippen molar-refractivity contribution >= 4 is 10.9 Å². The summed E-state index contributed by atoms with van der Waals surface area (Å²) in [5, 5.41) is 13.7. The molecule has 0 amide bonds. The van der Waals surface area contributed by atoms with Gasteiger partial charge in [-0.1, -0.05) is 37.5 Å². The number of nitrogens with zero attached hydrogens (tertiary/aromatic N) is 5. The van der Waals surface area contributed by atoms with Crippen LogP contribution in [0.4, 0.5) is 0 Å². The molecule has 1 fully saturated rings. The topological polar surface area (TPSA) is 98.2 Å². The van der Waals surface area contributed by atoms with E-state index in [1.165, 1.54) is 19.3 Å². The molecule has 9 heteroatoms. The Morgan fingerprint density at radius 2 is 1.84 bits per heavy atom. The third-order valence-corrected chi connectivity index (χ3v) is 7.03. The monoisotopic (exact) mass is 502 g/mol. The molecule has 4 aromatic rings. The van der Waals surface area contributed by atoms with Gasteiger partial charge in [-0.15, -0.1) is 5.10 Å². The van der Waals surface area contributed by atoms with Crippen LogP contribution in [0.5, 0.6) is 11.5 Å². The molecule has 0 saturated heterocycles. The summed E-state index contributed by atoms with van der Waals surface area (Å²) in [5.74, 6) is 2.41. The molecule has 0 unspecified atom stereocenters. The Morgan fingerprint density at radius 3 is 2.65 bits per heavy atom. The van der Waals surface area contributed by atoms with E-state index in [2.05, 4.69) is 31.5 Å². The van der Waals surface area contributed by atoms with Crippen LogP contribution in [-0.4, -0.2) is 43.8 Å². The van der Waals surface area contributed by atoms with Gasteiger partial charge in [0.15, 0.2) is 5.82 Å². The van der Waals surface area contributed by atoms with Crippen molar-refractivity contribution in [2.45, 2.75) is 64.7 Å². The van der Waals surface area contributed by atoms with Crippen LogP contribution in [0.15, 0.2) is 53.3 Å². The van der Waals surface area contributed by atoms with Crippen LogP contribution in [0.25, 0.3) is 10.9 Å². The molecule has 2 aromatic carbocycles. The molecule has 0 atom stereocenters. The summed E-state index contributed by atoms with van der Waals surface area (Å²) in [6, 6.07) is 16.0. The molecular weight excluding hydrogens is 468 g/mol. The zero-order chi connectivity index (χ0) is 25.6. The third kappa shape index (κ3) is 5.83. The highest BCUT2D eigenvalue weighted by molar-refractivity contribution is 5.80. The maximum absolute atomic E-state index is 13.1. The second-order valence-electron chi connectivity index (χ2n) is 9.59. The van der Waals surface area contributed by atoms with Crippen molar-refractivity contribution in [3.63, 3.8) is 0 Å². The fourth-order valence-electron chi connectivity index (χ4n) is 5.21. The lowest BCUT2D eigenvalue weighted by Crippen LogP contribution is -2.29. The number of tetrazole rings is 1. The first kappa shape index (κ1) is 25.0. The number of para-hydroxylation sites is 1. The number of ether oxygens (including phenoxy) is 2. The SMILES string of the molecule is CCOc1ccc2[nH]c(=O)c(CN(Cc3ccccc3OC)Cc3nnnn3C3CCCCC3)cc2c1. The number of nitrogens with one attached hydrogen (secondary N) is 1. The highest BCUT2D eigenvalue weighted by Gasteiger charge is 2.22. The maximum Gasteiger partial charge on any atom is 0.252 e. The highest BCUT2D eigenvalue weighted by Crippen LogP contribution is 2.29. The van der Waals surface area contributed by atoms with Gasteiger partial charge in [0, 0.05) is 35.1 Å². The Bertz CT molecular complexity index is 1390. The van der Waals surface area contributed by atoms with Gasteiger partial charge in [-0.25, -0.2) is 4.68 Å². The molecule has 0 aliphatic heterocycles. The summed E-state index contributed by atoms with van der Waals surface area (Å²) < 4.78 is 13.3. The summed E-state index contributed by atoms with van der Waals surface area (Å²) in [4.78, 5) is 18.3. The quantitative estimate of drug-likeness (QED) is 0.338. The Kier molecular flexibility index (Phi) is 7.79. The Morgan fingerprint density at radius 1 is 1.03 bits per heavy atom. The molecule has 1 aliphatic carbocycles. The number of pyridine rings is 1. The van der Waals surface area contributed by atoms with Gasteiger partial charge < -0.3 is 14.5 Å². The first-order valence-corrected chi connectivity index (χ1v) is 13.0. The molecule has 1 saturated carbocycles. The van der Waals surface area contributed by atoms with Gasteiger partial charge in [0.05, 0.1) is 26.3 Å². The van der Waals surface area contributed by atoms with Crippen LogP contribution in [0.2, 0.25) is 0 Å². The lowest BCUT2D eigenvalue weighted by molar-refractivity contribution is 0.222. The zero-order valence-corrected chi connectivity index (χ0v) is 21.5. The molecular formula is C28H34N6O3. The van der Waals surface area contributed by atoms with E-state index < -0.39 is 0 Å². The van der Waals surface area contributed by atoms with Gasteiger partial charge in [-0.2, -0.15) is 0 Å². The van der Waals surface area contributed by atoms with Crippen molar-refractivity contribution in [1.29, 1.82) is 0 Å². The molecule has 2 aromatic heterocycles. The zero-order valence-electron chi connectivity index (χ0n) is 21.5. The van der Waals surface area contributed by atoms with Crippen LogP contribution >= 0.6 is 0 Å². The van der Waals surface area contributed by atoms with Crippen molar-refractivity contribution in [3.05, 3.63) is 75.8 Å². The van der Waals surface area contributed by atoms with E-state index in [-0.39, 0.29) is 5.56 Å². The van der Waals surface area contributed by atoms with Crippen LogP contribution in [0, 0.1) is 0 Å². The number of rotatable bonds is 10. The van der Waals surface area contributed by atoms with E-state index in [1.54, 1.807) is 7.11 Å². The predicted octanol–water partition coefficient (Wildman–Crippen LogP) is 4.63. The van der Waals surface area contributed by atoms with E-state index in [0.717, 1.165) is 46.6 Å². The number of fused-ring (bicyclic) bond motifs is 1. The number of aromatic amines is 1. The van der Waals surface area contributed by atoms with Gasteiger partial charge in [-0.05, 0) is 60.5 Å². The molecule has 5 rings (SSSR count). The normalized spacial score (nSPS) is 14.4. The van der Waals surface area contributed by atoms with Crippen molar-refractivity contribution in [3.8, 4) is 11.5 Å². The lowest BCUT2D eigenvalue weighted by Gasteiger charge is -2.26. The number of hydrogen-bond acceptors (Lipinski definition) is 7. The van der Waals surface area contributed by atoms with Gasteiger partial charge in [0.2, 0.25) is 0 Å². The van der Waals surface area contributed by atoms with Crippen LogP contribution < -0.4 is 15.0 Å². The van der Waals surface area contributed by atoms with Gasteiger partial charge in [0.25, 0.3) is 5.56 Å². The maximum atomic E-state index is 13.1. The first-order valence-electron chi connectivity index (χ1n) is 13.0. The van der Waals surface area contributed by atoms with Gasteiger partial charge in [0.1, 0.15) is 11.5 Å². The summed E-state index contributed by atoms with van der Waals surface area (Å²) in [6.45, 7) is 4.07. The Balaban J connectivity index is 1.47. The minimum Gasteiger partial charge on any atom is -0.496 e. The average molecular weight is 503 g/mol. The minimum atomic E-state index is -0.103. The number of hydrogen-bond donors (Lipinski definition) is 1. The van der Waals surface area contributed by atoms with Gasteiger partial charge in [-0.3, -0.25) is 9.69 Å². The molecule has 9 nitrogen and oxygen atoms in total. The fourth-order valence-corrected chi connectivity index (χ4v) is 5.21. The van der Waals surface area contributed by atoms with Crippen LogP contribution in [0.1, 0.15) is 62.0 Å². The molecule has 2 heterocycles. The number of benzene rings is 2. The van der Waals surface area contributed by atoms with E-state index in [1.807, 2.05) is 54.1 Å². The lowest BCUT2D eigenvalue weighted by atomic mass is 9.95.